The van der Waals surface area contributed by atoms with Crippen LogP contribution in [0.1, 0.15) is 6.42 Å². The van der Waals surface area contributed by atoms with Gasteiger partial charge >= 0.3 is 0 Å². The van der Waals surface area contributed by atoms with E-state index in [9.17, 15) is 13.2 Å². The fourth-order valence-electron chi connectivity index (χ4n) is 2.11. The largest absolute Gasteiger partial charge is 0.382 e. The van der Waals surface area contributed by atoms with Crippen LogP contribution < -0.4 is 15.8 Å². The summed E-state index contributed by atoms with van der Waals surface area (Å²) in [6.07, 6.45) is 1.49. The molecule has 0 aromatic carbocycles. The lowest BCUT2D eigenvalue weighted by Gasteiger charge is -2.18. The van der Waals surface area contributed by atoms with Crippen LogP contribution in [-0.4, -0.2) is 31.6 Å². The molecule has 1 aromatic rings. The Labute approximate surface area is 115 Å². The van der Waals surface area contributed by atoms with Crippen LogP contribution in [0.2, 0.25) is 5.02 Å². The van der Waals surface area contributed by atoms with Crippen LogP contribution in [0.5, 0.6) is 0 Å². The highest BCUT2D eigenvalue weighted by molar-refractivity contribution is 7.89. The Morgan fingerprint density at radius 3 is 2.84 bits per heavy atom. The van der Waals surface area contributed by atoms with Crippen molar-refractivity contribution >= 4 is 39.0 Å². The van der Waals surface area contributed by atoms with Crippen molar-refractivity contribution in [2.75, 3.05) is 22.9 Å². The van der Waals surface area contributed by atoms with Crippen LogP contribution in [-0.2, 0) is 14.8 Å². The van der Waals surface area contributed by atoms with Crippen molar-refractivity contribution in [3.05, 3.63) is 17.3 Å². The van der Waals surface area contributed by atoms with Gasteiger partial charge < -0.3 is 10.6 Å². The summed E-state index contributed by atoms with van der Waals surface area (Å²) in [5.41, 5.74) is 6.10. The summed E-state index contributed by atoms with van der Waals surface area (Å²) in [6.45, 7) is 0.238. The van der Waals surface area contributed by atoms with Crippen LogP contribution in [0, 0.1) is 5.92 Å². The number of primary sulfonamides is 1. The molecule has 1 aliphatic rings. The molecule has 2 heterocycles. The molecule has 104 valence electrons. The van der Waals surface area contributed by atoms with Crippen LogP contribution in [0.4, 0.5) is 11.5 Å². The fourth-order valence-corrected chi connectivity index (χ4v) is 3.14. The lowest BCUT2D eigenvalue weighted by molar-refractivity contribution is -0.117. The fraction of sp³-hybridized carbons (Fsp3) is 0.400. The van der Waals surface area contributed by atoms with E-state index in [2.05, 4.69) is 4.98 Å². The zero-order valence-electron chi connectivity index (χ0n) is 9.91. The van der Waals surface area contributed by atoms with E-state index in [1.54, 1.807) is 0 Å². The van der Waals surface area contributed by atoms with Gasteiger partial charge in [0.15, 0.2) is 0 Å². The van der Waals surface area contributed by atoms with E-state index >= 15 is 0 Å². The van der Waals surface area contributed by atoms with Crippen molar-refractivity contribution in [1.82, 2.24) is 4.98 Å². The molecule has 1 aliphatic heterocycles. The zero-order chi connectivity index (χ0) is 14.2. The number of hydrogen-bond donors (Lipinski definition) is 2. The summed E-state index contributed by atoms with van der Waals surface area (Å²) >= 11 is 5.81. The quantitative estimate of drug-likeness (QED) is 0.812. The second-order valence-electron chi connectivity index (χ2n) is 4.46. The second-order valence-corrected chi connectivity index (χ2v) is 6.56. The average molecular weight is 305 g/mol. The summed E-state index contributed by atoms with van der Waals surface area (Å²) in [4.78, 5) is 17.2. The van der Waals surface area contributed by atoms with Gasteiger partial charge in [-0.2, -0.15) is 0 Å². The number of halogens is 1. The lowest BCUT2D eigenvalue weighted by Crippen LogP contribution is -2.28. The molecule has 1 unspecified atom stereocenters. The summed E-state index contributed by atoms with van der Waals surface area (Å²) in [5, 5.41) is 5.34. The van der Waals surface area contributed by atoms with Gasteiger partial charge in [-0.15, -0.1) is 0 Å². The molecule has 9 heteroatoms. The number of nitrogen functional groups attached to an aromatic ring is 1. The van der Waals surface area contributed by atoms with Gasteiger partial charge in [0.05, 0.1) is 16.5 Å². The number of carbonyl (C=O) groups is 1. The van der Waals surface area contributed by atoms with E-state index in [4.69, 9.17) is 22.5 Å². The third kappa shape index (κ3) is 3.34. The molecule has 19 heavy (non-hydrogen) atoms. The van der Waals surface area contributed by atoms with Crippen LogP contribution >= 0.6 is 11.6 Å². The van der Waals surface area contributed by atoms with Crippen molar-refractivity contribution < 1.29 is 13.2 Å². The Morgan fingerprint density at radius 2 is 2.21 bits per heavy atom. The Kier molecular flexibility index (Phi) is 3.66. The standard InChI is InChI=1S/C10H13ClN4O3S/c11-7-2-8(10(12)14-3-7)15-4-6(1-9(15)16)5-19(13,17)18/h2-3,6H,1,4-5H2,(H2,12,14)(H2,13,17,18). The number of sulfonamides is 1. The van der Waals surface area contributed by atoms with Crippen LogP contribution in [0.15, 0.2) is 12.3 Å². The molecule has 1 saturated heterocycles. The number of rotatable bonds is 3. The van der Waals surface area contributed by atoms with Gasteiger partial charge in [0, 0.05) is 25.1 Å². The molecule has 1 amide bonds. The van der Waals surface area contributed by atoms with Crippen LogP contribution in [0.3, 0.4) is 0 Å². The van der Waals surface area contributed by atoms with E-state index in [1.165, 1.54) is 17.2 Å². The van der Waals surface area contributed by atoms with Crippen molar-refractivity contribution in [3.63, 3.8) is 0 Å². The number of anilines is 2. The molecule has 1 atom stereocenters. The molecule has 1 fully saturated rings. The van der Waals surface area contributed by atoms with E-state index in [1.807, 2.05) is 0 Å². The van der Waals surface area contributed by atoms with Gasteiger partial charge in [0.1, 0.15) is 5.82 Å². The van der Waals surface area contributed by atoms with Crippen molar-refractivity contribution in [3.8, 4) is 0 Å². The summed E-state index contributed by atoms with van der Waals surface area (Å²) in [5.74, 6) is -0.623. The van der Waals surface area contributed by atoms with Crippen molar-refractivity contribution in [2.24, 2.45) is 11.1 Å². The third-order valence-electron chi connectivity index (χ3n) is 2.83. The van der Waals surface area contributed by atoms with E-state index in [0.29, 0.717) is 10.7 Å². The summed E-state index contributed by atoms with van der Waals surface area (Å²) in [6, 6.07) is 1.53. The minimum Gasteiger partial charge on any atom is -0.382 e. The number of nitrogens with two attached hydrogens (primary N) is 2. The number of nitrogens with zero attached hydrogens (tertiary/aromatic N) is 2. The maximum Gasteiger partial charge on any atom is 0.227 e. The molecule has 1 aromatic heterocycles. The Bertz CT molecular complexity index is 619. The number of amides is 1. The number of carbonyl (C=O) groups excluding carboxylic acids is 1. The first-order chi connectivity index (χ1) is 8.76. The average Bonchev–Trinajstić information content (AvgIpc) is 2.60. The van der Waals surface area contributed by atoms with Gasteiger partial charge in [-0.05, 0) is 6.07 Å². The van der Waals surface area contributed by atoms with E-state index < -0.39 is 10.0 Å². The summed E-state index contributed by atoms with van der Waals surface area (Å²) < 4.78 is 22.1. The van der Waals surface area contributed by atoms with Crippen molar-refractivity contribution in [1.29, 1.82) is 0 Å². The molecule has 0 spiro atoms. The Balaban J connectivity index is 2.23. The predicted molar refractivity (Wildman–Crippen MR) is 72.1 cm³/mol. The van der Waals surface area contributed by atoms with Gasteiger partial charge in [0.25, 0.3) is 0 Å². The molecule has 4 N–H and O–H groups in total. The molecular weight excluding hydrogens is 292 g/mol. The van der Waals surface area contributed by atoms with Gasteiger partial charge in [-0.1, -0.05) is 11.6 Å². The summed E-state index contributed by atoms with van der Waals surface area (Å²) in [7, 11) is -3.61. The Morgan fingerprint density at radius 1 is 1.53 bits per heavy atom. The number of aromatic nitrogens is 1. The van der Waals surface area contributed by atoms with Gasteiger partial charge in [-0.25, -0.2) is 18.5 Å². The van der Waals surface area contributed by atoms with Gasteiger partial charge in [0.2, 0.25) is 15.9 Å². The van der Waals surface area contributed by atoms with Gasteiger partial charge in [-0.3, -0.25) is 4.79 Å². The first kappa shape index (κ1) is 14.0. The molecule has 7 nitrogen and oxygen atoms in total. The molecule has 0 bridgehead atoms. The van der Waals surface area contributed by atoms with E-state index in [-0.39, 0.29) is 36.4 Å². The highest BCUT2D eigenvalue weighted by atomic mass is 35.5. The van der Waals surface area contributed by atoms with Crippen molar-refractivity contribution in [2.45, 2.75) is 6.42 Å². The highest BCUT2D eigenvalue weighted by Crippen LogP contribution is 2.30. The van der Waals surface area contributed by atoms with E-state index in [0.717, 1.165) is 0 Å². The minimum absolute atomic E-state index is 0.113. The maximum atomic E-state index is 11.9. The smallest absolute Gasteiger partial charge is 0.227 e. The third-order valence-corrected chi connectivity index (χ3v) is 3.97. The topological polar surface area (TPSA) is 119 Å². The molecule has 0 saturated carbocycles. The molecule has 0 aliphatic carbocycles. The normalized spacial score (nSPS) is 20.0. The minimum atomic E-state index is -3.61. The number of hydrogen-bond acceptors (Lipinski definition) is 5. The second kappa shape index (κ2) is 4.95. The van der Waals surface area contributed by atoms with Crippen LogP contribution in [0.25, 0.3) is 0 Å². The monoisotopic (exact) mass is 304 g/mol. The first-order valence-corrected chi connectivity index (χ1v) is 7.57. The lowest BCUT2D eigenvalue weighted by atomic mass is 10.1. The molecule has 0 radical (unpaired) electrons. The Hall–Kier alpha value is -1.38. The zero-order valence-corrected chi connectivity index (χ0v) is 11.5. The molecular formula is C10H13ClN4O3S. The SMILES string of the molecule is Nc1ncc(Cl)cc1N1CC(CS(N)(=O)=O)CC1=O. The predicted octanol–water partition coefficient (Wildman–Crippen LogP) is -0.0414. The first-order valence-electron chi connectivity index (χ1n) is 5.48. The maximum absolute atomic E-state index is 11.9. The number of pyridine rings is 1. The molecule has 2 rings (SSSR count). The highest BCUT2D eigenvalue weighted by Gasteiger charge is 2.33.